The third kappa shape index (κ3) is 4.08. The molecule has 3 heterocycles. The molecule has 8 heteroatoms. The van der Waals surface area contributed by atoms with Gasteiger partial charge in [-0.2, -0.15) is 0 Å². The molecule has 1 saturated heterocycles. The van der Waals surface area contributed by atoms with Crippen molar-refractivity contribution in [1.82, 2.24) is 9.55 Å². The fourth-order valence-corrected chi connectivity index (χ4v) is 3.73. The van der Waals surface area contributed by atoms with Crippen molar-refractivity contribution >= 4 is 37.4 Å². The number of hydrogen-bond donors (Lipinski definition) is 1. The maximum atomic E-state index is 6.45. The fraction of sp³-hybridized carbons (Fsp3) is 0.632. The van der Waals surface area contributed by atoms with Crippen LogP contribution in [-0.4, -0.2) is 42.6 Å². The van der Waals surface area contributed by atoms with Gasteiger partial charge < -0.3 is 24.3 Å². The SMILES string of the molecule is CC1(C)OB(c2cnc3c(ccn3COCC[Si](C)(C)C)c2N)OC1(C)C. The molecule has 148 valence electrons. The number of fused-ring (bicyclic) bond motifs is 1. The van der Waals surface area contributed by atoms with Crippen LogP contribution in [-0.2, 0) is 20.8 Å². The Bertz CT molecular complexity index is 813. The molecule has 0 atom stereocenters. The predicted octanol–water partition coefficient (Wildman–Crippen LogP) is 3.23. The van der Waals surface area contributed by atoms with Gasteiger partial charge in [0.05, 0.1) is 11.2 Å². The minimum atomic E-state index is -1.09. The topological polar surface area (TPSA) is 71.5 Å². The van der Waals surface area contributed by atoms with Crippen molar-refractivity contribution in [3.05, 3.63) is 18.5 Å². The van der Waals surface area contributed by atoms with Crippen molar-refractivity contribution in [3.63, 3.8) is 0 Å². The Morgan fingerprint density at radius 1 is 1.19 bits per heavy atom. The standard InChI is InChI=1S/C19H32BN3O3Si/c1-18(2)19(3,4)26-20(25-18)15-12-22-17-14(16(15)21)8-9-23(17)13-24-10-11-27(5,6)7/h8-9,12H,10-11,13H2,1-7H3,(H2,21,22). The van der Waals surface area contributed by atoms with Crippen molar-refractivity contribution in [1.29, 1.82) is 0 Å². The molecular formula is C19H32BN3O3Si. The van der Waals surface area contributed by atoms with Gasteiger partial charge in [0.15, 0.2) is 0 Å². The molecule has 1 fully saturated rings. The maximum Gasteiger partial charge on any atom is 0.498 e. The van der Waals surface area contributed by atoms with E-state index in [2.05, 4.69) is 24.6 Å². The zero-order chi connectivity index (χ0) is 20.0. The number of nitrogen functional groups attached to an aromatic ring is 1. The molecule has 0 unspecified atom stereocenters. The highest BCUT2D eigenvalue weighted by atomic mass is 28.3. The Labute approximate surface area is 163 Å². The summed E-state index contributed by atoms with van der Waals surface area (Å²) in [6.07, 6.45) is 3.73. The number of rotatable bonds is 6. The van der Waals surface area contributed by atoms with E-state index in [9.17, 15) is 0 Å². The van der Waals surface area contributed by atoms with Crippen LogP contribution in [0.25, 0.3) is 11.0 Å². The molecule has 27 heavy (non-hydrogen) atoms. The Kier molecular flexibility index (Phi) is 5.22. The number of anilines is 1. The second-order valence-corrected chi connectivity index (χ2v) is 15.2. The van der Waals surface area contributed by atoms with E-state index < -0.39 is 26.4 Å². The summed E-state index contributed by atoms with van der Waals surface area (Å²) in [5.74, 6) is 0. The van der Waals surface area contributed by atoms with Gasteiger partial charge in [0.25, 0.3) is 0 Å². The van der Waals surface area contributed by atoms with Gasteiger partial charge in [0.1, 0.15) is 12.4 Å². The van der Waals surface area contributed by atoms with Gasteiger partial charge in [-0.15, -0.1) is 0 Å². The van der Waals surface area contributed by atoms with E-state index in [0.29, 0.717) is 12.4 Å². The van der Waals surface area contributed by atoms with Crippen molar-refractivity contribution in [2.24, 2.45) is 0 Å². The first-order valence-corrected chi connectivity index (χ1v) is 13.3. The lowest BCUT2D eigenvalue weighted by Crippen LogP contribution is -2.41. The molecule has 0 spiro atoms. The Hall–Kier alpha value is -1.35. The van der Waals surface area contributed by atoms with E-state index in [1.807, 2.05) is 44.5 Å². The Morgan fingerprint density at radius 2 is 1.81 bits per heavy atom. The molecular weight excluding hydrogens is 357 g/mol. The molecule has 3 rings (SSSR count). The van der Waals surface area contributed by atoms with Crippen LogP contribution >= 0.6 is 0 Å². The molecule has 6 nitrogen and oxygen atoms in total. The zero-order valence-electron chi connectivity index (χ0n) is 17.6. The van der Waals surface area contributed by atoms with E-state index in [1.54, 1.807) is 6.20 Å². The quantitative estimate of drug-likeness (QED) is 0.607. The van der Waals surface area contributed by atoms with Crippen LogP contribution in [0.2, 0.25) is 25.7 Å². The van der Waals surface area contributed by atoms with Crippen molar-refractivity contribution < 1.29 is 14.0 Å². The highest BCUT2D eigenvalue weighted by Crippen LogP contribution is 2.37. The molecule has 1 aliphatic heterocycles. The second kappa shape index (κ2) is 6.92. The third-order valence-electron chi connectivity index (χ3n) is 5.60. The third-order valence-corrected chi connectivity index (χ3v) is 7.30. The van der Waals surface area contributed by atoms with Gasteiger partial charge in [-0.1, -0.05) is 19.6 Å². The Morgan fingerprint density at radius 3 is 2.41 bits per heavy atom. The lowest BCUT2D eigenvalue weighted by molar-refractivity contribution is 0.00578. The minimum absolute atomic E-state index is 0.408. The smallest absolute Gasteiger partial charge is 0.399 e. The molecule has 0 saturated carbocycles. The summed E-state index contributed by atoms with van der Waals surface area (Å²) in [4.78, 5) is 4.62. The number of pyridine rings is 1. The van der Waals surface area contributed by atoms with E-state index in [1.165, 1.54) is 0 Å². The number of ether oxygens (including phenoxy) is 1. The number of aromatic nitrogens is 2. The number of nitrogens with zero attached hydrogens (tertiary/aromatic N) is 2. The lowest BCUT2D eigenvalue weighted by Gasteiger charge is -2.32. The molecule has 0 aliphatic carbocycles. The fourth-order valence-electron chi connectivity index (χ4n) is 2.98. The van der Waals surface area contributed by atoms with Gasteiger partial charge in [-0.05, 0) is 39.8 Å². The molecule has 0 radical (unpaired) electrons. The van der Waals surface area contributed by atoms with Gasteiger partial charge in [0.2, 0.25) is 0 Å². The van der Waals surface area contributed by atoms with Gasteiger partial charge in [0, 0.05) is 43.6 Å². The monoisotopic (exact) mass is 389 g/mol. The molecule has 0 amide bonds. The van der Waals surface area contributed by atoms with Crippen LogP contribution in [0.15, 0.2) is 18.5 Å². The second-order valence-electron chi connectivity index (χ2n) is 9.59. The van der Waals surface area contributed by atoms with Gasteiger partial charge >= 0.3 is 7.12 Å². The number of hydrogen-bond acceptors (Lipinski definition) is 5. The molecule has 0 bridgehead atoms. The van der Waals surface area contributed by atoms with Crippen LogP contribution in [0.5, 0.6) is 0 Å². The zero-order valence-corrected chi connectivity index (χ0v) is 18.6. The van der Waals surface area contributed by atoms with E-state index >= 15 is 0 Å². The van der Waals surface area contributed by atoms with Crippen LogP contribution < -0.4 is 11.2 Å². The molecule has 2 aromatic rings. The van der Waals surface area contributed by atoms with Gasteiger partial charge in [-0.25, -0.2) is 4.98 Å². The minimum Gasteiger partial charge on any atom is -0.399 e. The summed E-state index contributed by atoms with van der Waals surface area (Å²) in [6.45, 7) is 16.4. The van der Waals surface area contributed by atoms with Crippen LogP contribution in [0.3, 0.4) is 0 Å². The summed E-state index contributed by atoms with van der Waals surface area (Å²) in [6, 6.07) is 3.13. The maximum absolute atomic E-state index is 6.45. The predicted molar refractivity (Wildman–Crippen MR) is 114 cm³/mol. The van der Waals surface area contributed by atoms with E-state index in [-0.39, 0.29) is 0 Å². The lowest BCUT2D eigenvalue weighted by atomic mass is 9.78. The van der Waals surface area contributed by atoms with Crippen LogP contribution in [0, 0.1) is 0 Å². The summed E-state index contributed by atoms with van der Waals surface area (Å²) in [7, 11) is -1.60. The van der Waals surface area contributed by atoms with Crippen molar-refractivity contribution in [2.45, 2.75) is 71.3 Å². The molecule has 1 aliphatic rings. The summed E-state index contributed by atoms with van der Waals surface area (Å²) < 4.78 is 20.1. The first-order valence-electron chi connectivity index (χ1n) is 9.58. The Balaban J connectivity index is 1.77. The average Bonchev–Trinajstić information content (AvgIpc) is 3.02. The highest BCUT2D eigenvalue weighted by molar-refractivity contribution is 6.76. The average molecular weight is 389 g/mol. The van der Waals surface area contributed by atoms with Crippen LogP contribution in [0.4, 0.5) is 5.69 Å². The van der Waals surface area contributed by atoms with Gasteiger partial charge in [-0.3, -0.25) is 0 Å². The number of nitrogens with two attached hydrogens (primary N) is 1. The highest BCUT2D eigenvalue weighted by Gasteiger charge is 2.52. The van der Waals surface area contributed by atoms with Crippen molar-refractivity contribution in [2.75, 3.05) is 12.3 Å². The molecule has 2 N–H and O–H groups in total. The molecule has 0 aromatic carbocycles. The first kappa shape index (κ1) is 20.4. The van der Waals surface area contributed by atoms with Crippen LogP contribution in [0.1, 0.15) is 27.7 Å². The van der Waals surface area contributed by atoms with E-state index in [4.69, 9.17) is 19.8 Å². The summed E-state index contributed by atoms with van der Waals surface area (Å²) in [5, 5.41) is 0.899. The van der Waals surface area contributed by atoms with E-state index in [0.717, 1.165) is 29.1 Å². The largest absolute Gasteiger partial charge is 0.498 e. The summed E-state index contributed by atoms with van der Waals surface area (Å²) >= 11 is 0. The van der Waals surface area contributed by atoms with Crippen molar-refractivity contribution in [3.8, 4) is 0 Å². The summed E-state index contributed by atoms with van der Waals surface area (Å²) in [5.41, 5.74) is 7.89. The normalized spacial score (nSPS) is 19.1. The first-order chi connectivity index (χ1) is 12.4. The molecule has 2 aromatic heterocycles.